The first kappa shape index (κ1) is 26.5. The molecule has 1 fully saturated rings. The van der Waals surface area contributed by atoms with E-state index in [2.05, 4.69) is 41.9 Å². The Hall–Kier alpha value is -3.57. The number of furan rings is 1. The van der Waals surface area contributed by atoms with Crippen LogP contribution in [-0.2, 0) is 22.7 Å². The number of esters is 1. The minimum Gasteiger partial charge on any atom is -0.493 e. The van der Waals surface area contributed by atoms with Crippen molar-refractivity contribution < 1.29 is 33.0 Å². The predicted octanol–water partition coefficient (Wildman–Crippen LogP) is 5.58. The number of amides is 3. The van der Waals surface area contributed by atoms with Crippen LogP contribution in [0.25, 0.3) is 6.08 Å². The summed E-state index contributed by atoms with van der Waals surface area (Å²) in [6.45, 7) is 2.19. The summed E-state index contributed by atoms with van der Waals surface area (Å²) in [7, 11) is 2.74. The summed E-state index contributed by atoms with van der Waals surface area (Å²) in [5.41, 5.74) is 2.79. The summed E-state index contributed by atoms with van der Waals surface area (Å²) in [6.07, 6.45) is 1.53. The Bertz CT molecular complexity index is 1400. The number of carbonyl (C=O) groups excluding carboxylic acids is 3. The smallest absolute Gasteiger partial charge is 0.373 e. The highest BCUT2D eigenvalue weighted by Gasteiger charge is 2.34. The molecule has 192 valence electrons. The summed E-state index contributed by atoms with van der Waals surface area (Å²) >= 11 is 7.09. The Morgan fingerprint density at radius 2 is 1.81 bits per heavy atom. The van der Waals surface area contributed by atoms with Gasteiger partial charge in [0.15, 0.2) is 11.5 Å². The number of aryl methyl sites for hydroxylation is 1. The van der Waals surface area contributed by atoms with Gasteiger partial charge in [0.25, 0.3) is 5.91 Å². The van der Waals surface area contributed by atoms with Crippen molar-refractivity contribution in [3.8, 4) is 11.5 Å². The Balaban J connectivity index is 1.55. The number of rotatable bonds is 8. The van der Waals surface area contributed by atoms with E-state index in [9.17, 15) is 14.4 Å². The molecule has 0 unspecified atom stereocenters. The quantitative estimate of drug-likeness (QED) is 0.196. The monoisotopic (exact) mass is 632 g/mol. The van der Waals surface area contributed by atoms with Crippen LogP contribution in [0.2, 0.25) is 0 Å². The van der Waals surface area contributed by atoms with Gasteiger partial charge >= 0.3 is 12.0 Å². The molecule has 3 aromatic rings. The Morgan fingerprint density at radius 3 is 2.49 bits per heavy atom. The molecule has 0 radical (unpaired) electrons. The second kappa shape index (κ2) is 11.2. The molecule has 1 aromatic heterocycles. The molecule has 2 aromatic carbocycles. The number of methoxy groups -OCH3 is 2. The van der Waals surface area contributed by atoms with Gasteiger partial charge in [-0.1, -0.05) is 29.8 Å². The fourth-order valence-electron chi connectivity index (χ4n) is 3.54. The molecule has 1 N–H and O–H groups in total. The molecule has 2 heterocycles. The van der Waals surface area contributed by atoms with Crippen molar-refractivity contribution in [1.29, 1.82) is 0 Å². The average molecular weight is 634 g/mol. The average Bonchev–Trinajstić information content (AvgIpc) is 3.47. The molecular formula is C26H22Br2N2O7. The van der Waals surface area contributed by atoms with Crippen molar-refractivity contribution in [3.05, 3.63) is 85.3 Å². The van der Waals surface area contributed by atoms with Crippen molar-refractivity contribution in [2.45, 2.75) is 20.1 Å². The highest BCUT2D eigenvalue weighted by atomic mass is 79.9. The number of halogens is 2. The zero-order valence-corrected chi connectivity index (χ0v) is 23.3. The fraction of sp³-hybridized carbons (Fsp3) is 0.192. The molecule has 0 bridgehead atoms. The van der Waals surface area contributed by atoms with Crippen molar-refractivity contribution in [2.75, 3.05) is 14.2 Å². The number of benzene rings is 2. The second-order valence-corrected chi connectivity index (χ2v) is 9.62. The molecule has 1 saturated heterocycles. The van der Waals surface area contributed by atoms with Gasteiger partial charge in [0, 0.05) is 4.47 Å². The first-order valence-corrected chi connectivity index (χ1v) is 12.6. The number of imide groups is 1. The first-order valence-electron chi connectivity index (χ1n) is 11.0. The van der Waals surface area contributed by atoms with Gasteiger partial charge in [0.1, 0.15) is 18.1 Å². The lowest BCUT2D eigenvalue weighted by Crippen LogP contribution is -2.30. The highest BCUT2D eigenvalue weighted by molar-refractivity contribution is 9.13. The summed E-state index contributed by atoms with van der Waals surface area (Å²) < 4.78 is 22.7. The number of carbonyl (C=O) groups is 3. The van der Waals surface area contributed by atoms with Crippen LogP contribution >= 0.6 is 31.9 Å². The van der Waals surface area contributed by atoms with E-state index in [1.54, 1.807) is 6.07 Å². The molecule has 11 heteroatoms. The van der Waals surface area contributed by atoms with Crippen LogP contribution in [0.3, 0.4) is 0 Å². The second-order valence-electron chi connectivity index (χ2n) is 8.04. The van der Waals surface area contributed by atoms with Crippen LogP contribution in [-0.4, -0.2) is 37.0 Å². The van der Waals surface area contributed by atoms with E-state index in [-0.39, 0.29) is 23.8 Å². The zero-order chi connectivity index (χ0) is 26.7. The van der Waals surface area contributed by atoms with Crippen LogP contribution in [0.4, 0.5) is 4.79 Å². The van der Waals surface area contributed by atoms with Crippen LogP contribution in [0, 0.1) is 6.92 Å². The van der Waals surface area contributed by atoms with Gasteiger partial charge in [0.05, 0.1) is 25.2 Å². The summed E-state index contributed by atoms with van der Waals surface area (Å²) in [6, 6.07) is 12.0. The lowest BCUT2D eigenvalue weighted by atomic mass is 10.1. The summed E-state index contributed by atoms with van der Waals surface area (Å²) in [5, 5.41) is 2.57. The number of nitrogens with zero attached hydrogens (tertiary/aromatic N) is 1. The number of hydrogen-bond acceptors (Lipinski definition) is 7. The minimum atomic E-state index is -0.653. The van der Waals surface area contributed by atoms with Gasteiger partial charge in [0.2, 0.25) is 5.76 Å². The largest absolute Gasteiger partial charge is 0.493 e. The van der Waals surface area contributed by atoms with Gasteiger partial charge in [-0.25, -0.2) is 9.59 Å². The molecule has 1 aliphatic rings. The fourth-order valence-corrected chi connectivity index (χ4v) is 4.48. The van der Waals surface area contributed by atoms with Gasteiger partial charge in [-0.05, 0) is 74.2 Å². The molecule has 4 rings (SSSR count). The maximum atomic E-state index is 13.0. The van der Waals surface area contributed by atoms with E-state index in [0.29, 0.717) is 32.6 Å². The standard InChI is InChI=1S/C26H22Br2N2O7/c1-14-4-6-15(7-5-14)13-36-23-20(34-2)11-16(21(27)22(23)28)10-18-24(31)30(26(33)29-18)12-17-8-9-19(37-17)25(32)35-3/h4-11H,12-13H2,1-3H3,(H,29,33)/b18-10-. The number of ether oxygens (including phenoxy) is 3. The summed E-state index contributed by atoms with van der Waals surface area (Å²) in [5.74, 6) is -0.0487. The van der Waals surface area contributed by atoms with Crippen LogP contribution in [0.15, 0.2) is 61.5 Å². The topological polar surface area (TPSA) is 107 Å². The molecule has 1 aliphatic heterocycles. The van der Waals surface area contributed by atoms with E-state index < -0.39 is 17.9 Å². The third-order valence-corrected chi connectivity index (χ3v) is 7.65. The molecular weight excluding hydrogens is 612 g/mol. The molecule has 9 nitrogen and oxygen atoms in total. The van der Waals surface area contributed by atoms with Crippen molar-refractivity contribution in [2.24, 2.45) is 0 Å². The Morgan fingerprint density at radius 1 is 1.08 bits per heavy atom. The third kappa shape index (κ3) is 5.72. The predicted molar refractivity (Wildman–Crippen MR) is 141 cm³/mol. The summed E-state index contributed by atoms with van der Waals surface area (Å²) in [4.78, 5) is 38.1. The maximum Gasteiger partial charge on any atom is 0.373 e. The molecule has 0 atom stereocenters. The van der Waals surface area contributed by atoms with Crippen LogP contribution < -0.4 is 14.8 Å². The van der Waals surface area contributed by atoms with Gasteiger partial charge in [-0.2, -0.15) is 0 Å². The zero-order valence-electron chi connectivity index (χ0n) is 20.1. The number of hydrogen-bond donors (Lipinski definition) is 1. The van der Waals surface area contributed by atoms with Gasteiger partial charge in [-0.3, -0.25) is 9.69 Å². The van der Waals surface area contributed by atoms with Gasteiger partial charge in [-0.15, -0.1) is 0 Å². The van der Waals surface area contributed by atoms with Crippen molar-refractivity contribution >= 4 is 55.8 Å². The van der Waals surface area contributed by atoms with Crippen LogP contribution in [0.1, 0.15) is 33.0 Å². The lowest BCUT2D eigenvalue weighted by molar-refractivity contribution is -0.123. The Kier molecular flexibility index (Phi) is 8.03. The normalized spacial score (nSPS) is 14.2. The van der Waals surface area contributed by atoms with Crippen LogP contribution in [0.5, 0.6) is 11.5 Å². The molecule has 0 saturated carbocycles. The number of nitrogens with one attached hydrogen (secondary N) is 1. The van der Waals surface area contributed by atoms with Gasteiger partial charge < -0.3 is 23.9 Å². The van der Waals surface area contributed by atoms with E-state index >= 15 is 0 Å². The maximum absolute atomic E-state index is 13.0. The molecule has 3 amide bonds. The lowest BCUT2D eigenvalue weighted by Gasteiger charge is -2.16. The first-order chi connectivity index (χ1) is 17.7. The third-order valence-electron chi connectivity index (χ3n) is 5.50. The SMILES string of the molecule is COC(=O)c1ccc(CN2C(=O)N/C(=C\c3cc(OC)c(OCc4ccc(C)cc4)c(Br)c3Br)C2=O)o1. The molecule has 0 spiro atoms. The Labute approximate surface area is 229 Å². The number of urea groups is 1. The van der Waals surface area contributed by atoms with Crippen molar-refractivity contribution in [3.63, 3.8) is 0 Å². The van der Waals surface area contributed by atoms with Crippen molar-refractivity contribution in [1.82, 2.24) is 10.2 Å². The minimum absolute atomic E-state index is 0.0223. The molecule has 0 aliphatic carbocycles. The highest BCUT2D eigenvalue weighted by Crippen LogP contribution is 2.44. The molecule has 37 heavy (non-hydrogen) atoms. The van der Waals surface area contributed by atoms with E-state index in [1.165, 1.54) is 32.4 Å². The van der Waals surface area contributed by atoms with E-state index in [1.807, 2.05) is 31.2 Å². The van der Waals surface area contributed by atoms with E-state index in [0.717, 1.165) is 16.0 Å². The van der Waals surface area contributed by atoms with E-state index in [4.69, 9.17) is 13.9 Å².